The first-order valence-corrected chi connectivity index (χ1v) is 8.29. The Hall–Kier alpha value is -2.16. The predicted octanol–water partition coefficient (Wildman–Crippen LogP) is 4.15. The summed E-state index contributed by atoms with van der Waals surface area (Å²) in [4.78, 5) is 19.9. The van der Waals surface area contributed by atoms with Gasteiger partial charge >= 0.3 is 12.2 Å². The maximum Gasteiger partial charge on any atom is 0.433 e. The highest BCUT2D eigenvalue weighted by molar-refractivity contribution is 7.09. The molecule has 1 saturated carbocycles. The van der Waals surface area contributed by atoms with E-state index < -0.39 is 23.4 Å². The van der Waals surface area contributed by atoms with Gasteiger partial charge in [-0.25, -0.2) is 14.8 Å². The van der Waals surface area contributed by atoms with Gasteiger partial charge in [0.15, 0.2) is 0 Å². The maximum atomic E-state index is 12.5. The molecule has 0 unspecified atom stereocenters. The van der Waals surface area contributed by atoms with E-state index in [1.165, 1.54) is 17.4 Å². The standard InChI is InChI=1S/C15H15F3N4OS/c16-15(17,18)11-4-3-10(9-20-11)21-13(23)22-14(5-1-2-6-14)12-19-7-8-24-12/h3-4,7-9H,1-2,5-6H2,(H2,21,22,23). The minimum atomic E-state index is -4.50. The van der Waals surface area contributed by atoms with Crippen LogP contribution in [0.2, 0.25) is 0 Å². The number of hydrogen-bond acceptors (Lipinski definition) is 4. The maximum absolute atomic E-state index is 12.5. The van der Waals surface area contributed by atoms with Gasteiger partial charge in [-0.05, 0) is 25.0 Å². The first-order chi connectivity index (χ1) is 11.4. The van der Waals surface area contributed by atoms with Crippen molar-refractivity contribution >= 4 is 23.1 Å². The fraction of sp³-hybridized carbons (Fsp3) is 0.400. The summed E-state index contributed by atoms with van der Waals surface area (Å²) in [6.45, 7) is 0. The lowest BCUT2D eigenvalue weighted by Gasteiger charge is -2.28. The minimum absolute atomic E-state index is 0.202. The highest BCUT2D eigenvalue weighted by atomic mass is 32.1. The quantitative estimate of drug-likeness (QED) is 0.868. The largest absolute Gasteiger partial charge is 0.433 e. The predicted molar refractivity (Wildman–Crippen MR) is 83.7 cm³/mol. The number of urea groups is 1. The van der Waals surface area contributed by atoms with E-state index in [0.717, 1.165) is 43.0 Å². The van der Waals surface area contributed by atoms with Crippen molar-refractivity contribution in [1.82, 2.24) is 15.3 Å². The molecule has 2 N–H and O–H groups in total. The summed E-state index contributed by atoms with van der Waals surface area (Å²) in [6, 6.07) is 1.54. The lowest BCUT2D eigenvalue weighted by atomic mass is 9.99. The monoisotopic (exact) mass is 356 g/mol. The van der Waals surface area contributed by atoms with Crippen LogP contribution in [-0.2, 0) is 11.7 Å². The molecule has 3 rings (SSSR count). The summed E-state index contributed by atoms with van der Waals surface area (Å²) in [5.74, 6) is 0. The van der Waals surface area contributed by atoms with Gasteiger partial charge in [0.05, 0.1) is 17.4 Å². The van der Waals surface area contributed by atoms with E-state index >= 15 is 0 Å². The molecule has 2 amide bonds. The van der Waals surface area contributed by atoms with Gasteiger partial charge in [0.25, 0.3) is 0 Å². The van der Waals surface area contributed by atoms with Crippen molar-refractivity contribution in [3.05, 3.63) is 40.6 Å². The summed E-state index contributed by atoms with van der Waals surface area (Å²) in [5, 5.41) is 8.17. The Morgan fingerprint density at radius 2 is 1.96 bits per heavy atom. The van der Waals surface area contributed by atoms with Crippen molar-refractivity contribution in [3.8, 4) is 0 Å². The van der Waals surface area contributed by atoms with Crippen molar-refractivity contribution < 1.29 is 18.0 Å². The van der Waals surface area contributed by atoms with Crippen LogP contribution in [0.15, 0.2) is 29.9 Å². The molecule has 2 aromatic rings. The molecule has 128 valence electrons. The van der Waals surface area contributed by atoms with Gasteiger partial charge in [-0.3, -0.25) is 0 Å². The number of halogens is 3. The van der Waals surface area contributed by atoms with Gasteiger partial charge in [0, 0.05) is 11.6 Å². The lowest BCUT2D eigenvalue weighted by Crippen LogP contribution is -2.45. The zero-order chi connectivity index (χ0) is 17.2. The molecule has 0 aliphatic heterocycles. The number of thiazole rings is 1. The molecule has 1 fully saturated rings. The first kappa shape index (κ1) is 16.7. The number of carbonyl (C=O) groups is 1. The summed E-state index contributed by atoms with van der Waals surface area (Å²) in [5.41, 5.74) is -1.30. The smallest absolute Gasteiger partial charge is 0.326 e. The summed E-state index contributed by atoms with van der Waals surface area (Å²) >= 11 is 1.48. The van der Waals surface area contributed by atoms with Crippen LogP contribution in [0.1, 0.15) is 36.4 Å². The first-order valence-electron chi connectivity index (χ1n) is 7.41. The Morgan fingerprint density at radius 1 is 1.21 bits per heavy atom. The molecule has 5 nitrogen and oxygen atoms in total. The number of alkyl halides is 3. The third kappa shape index (κ3) is 3.50. The van der Waals surface area contributed by atoms with Crippen LogP contribution in [-0.4, -0.2) is 16.0 Å². The zero-order valence-electron chi connectivity index (χ0n) is 12.6. The van der Waals surface area contributed by atoms with Gasteiger partial charge in [0.1, 0.15) is 10.7 Å². The van der Waals surface area contributed by atoms with Crippen molar-refractivity contribution in [1.29, 1.82) is 0 Å². The van der Waals surface area contributed by atoms with E-state index in [1.54, 1.807) is 6.20 Å². The molecule has 9 heteroatoms. The van der Waals surface area contributed by atoms with Gasteiger partial charge in [-0.2, -0.15) is 13.2 Å². The van der Waals surface area contributed by atoms with E-state index in [9.17, 15) is 18.0 Å². The topological polar surface area (TPSA) is 66.9 Å². The van der Waals surface area contributed by atoms with E-state index in [4.69, 9.17) is 0 Å². The average Bonchev–Trinajstić information content (AvgIpc) is 3.18. The molecule has 0 saturated heterocycles. The normalized spacial score (nSPS) is 16.8. The third-order valence-electron chi connectivity index (χ3n) is 3.96. The van der Waals surface area contributed by atoms with Crippen molar-refractivity contribution in [2.75, 3.05) is 5.32 Å². The molecule has 24 heavy (non-hydrogen) atoms. The van der Waals surface area contributed by atoms with Crippen molar-refractivity contribution in [2.45, 2.75) is 37.4 Å². The van der Waals surface area contributed by atoms with Crippen LogP contribution in [0.3, 0.4) is 0 Å². The van der Waals surface area contributed by atoms with Crippen LogP contribution in [0.4, 0.5) is 23.7 Å². The Morgan fingerprint density at radius 3 is 2.50 bits per heavy atom. The van der Waals surface area contributed by atoms with E-state index in [0.29, 0.717) is 0 Å². The molecule has 0 radical (unpaired) electrons. The Bertz CT molecular complexity index is 695. The van der Waals surface area contributed by atoms with Crippen molar-refractivity contribution in [3.63, 3.8) is 0 Å². The highest BCUT2D eigenvalue weighted by Crippen LogP contribution is 2.39. The molecule has 1 aliphatic rings. The number of carbonyl (C=O) groups excluding carboxylic acids is 1. The number of pyridine rings is 1. The number of amides is 2. The van der Waals surface area contributed by atoms with Crippen LogP contribution in [0, 0.1) is 0 Å². The number of anilines is 1. The Labute approximate surface area is 140 Å². The van der Waals surface area contributed by atoms with Crippen LogP contribution in [0.25, 0.3) is 0 Å². The average molecular weight is 356 g/mol. The van der Waals surface area contributed by atoms with Crippen molar-refractivity contribution in [2.24, 2.45) is 0 Å². The SMILES string of the molecule is O=C(Nc1ccc(C(F)(F)F)nc1)NC1(c2nccs2)CCCC1. The second-order valence-corrected chi connectivity index (χ2v) is 6.53. The van der Waals surface area contributed by atoms with Crippen LogP contribution >= 0.6 is 11.3 Å². The molecule has 2 heterocycles. The Balaban J connectivity index is 1.69. The number of rotatable bonds is 3. The summed E-state index contributed by atoms with van der Waals surface area (Å²) < 4.78 is 37.5. The summed E-state index contributed by atoms with van der Waals surface area (Å²) in [6.07, 6.45) is 1.74. The molecule has 0 spiro atoms. The third-order valence-corrected chi connectivity index (χ3v) is 4.94. The second-order valence-electron chi connectivity index (χ2n) is 5.64. The van der Waals surface area contributed by atoms with E-state index in [2.05, 4.69) is 20.6 Å². The highest BCUT2D eigenvalue weighted by Gasteiger charge is 2.39. The number of nitrogens with one attached hydrogen (secondary N) is 2. The molecule has 0 bridgehead atoms. The molecule has 2 aromatic heterocycles. The number of hydrogen-bond donors (Lipinski definition) is 2. The van der Waals surface area contributed by atoms with Gasteiger partial charge in [-0.15, -0.1) is 11.3 Å². The summed E-state index contributed by atoms with van der Waals surface area (Å²) in [7, 11) is 0. The fourth-order valence-electron chi connectivity index (χ4n) is 2.85. The Kier molecular flexibility index (Phi) is 4.44. The second kappa shape index (κ2) is 6.39. The minimum Gasteiger partial charge on any atom is -0.326 e. The lowest BCUT2D eigenvalue weighted by molar-refractivity contribution is -0.141. The van der Waals surface area contributed by atoms with Gasteiger partial charge < -0.3 is 10.6 Å². The zero-order valence-corrected chi connectivity index (χ0v) is 13.4. The van der Waals surface area contributed by atoms with Crippen LogP contribution in [0.5, 0.6) is 0 Å². The van der Waals surface area contributed by atoms with E-state index in [-0.39, 0.29) is 5.69 Å². The van der Waals surface area contributed by atoms with E-state index in [1.807, 2.05) is 5.38 Å². The number of nitrogens with zero attached hydrogens (tertiary/aromatic N) is 2. The van der Waals surface area contributed by atoms with Gasteiger partial charge in [-0.1, -0.05) is 12.8 Å². The van der Waals surface area contributed by atoms with Crippen LogP contribution < -0.4 is 10.6 Å². The molecule has 0 atom stereocenters. The molecule has 0 aromatic carbocycles. The fourth-order valence-corrected chi connectivity index (χ4v) is 3.70. The molecular formula is C15H15F3N4OS. The molecular weight excluding hydrogens is 341 g/mol. The van der Waals surface area contributed by atoms with Gasteiger partial charge in [0.2, 0.25) is 0 Å². The molecule has 1 aliphatic carbocycles. The number of aromatic nitrogens is 2.